The Hall–Kier alpha value is -1.33. The van der Waals surface area contributed by atoms with Gasteiger partial charge in [-0.25, -0.2) is 4.79 Å². The van der Waals surface area contributed by atoms with Crippen LogP contribution in [0.3, 0.4) is 0 Å². The molecule has 0 saturated heterocycles. The summed E-state index contributed by atoms with van der Waals surface area (Å²) in [5, 5.41) is 12.3. The molecule has 2 aromatic rings. The van der Waals surface area contributed by atoms with Gasteiger partial charge < -0.3 is 10.4 Å². The summed E-state index contributed by atoms with van der Waals surface area (Å²) in [5.74, 6) is -0.909. The van der Waals surface area contributed by atoms with Gasteiger partial charge in [0.05, 0.1) is 9.35 Å². The molecule has 5 heteroatoms. The van der Waals surface area contributed by atoms with Crippen molar-refractivity contribution in [2.45, 2.75) is 13.5 Å². The Morgan fingerprint density at radius 2 is 2.17 bits per heavy atom. The standard InChI is InChI=1S/C13H12BrNO2S/c1-8-2-4-11(10(6-8)13(16)17)15-7-9-3-5-12(14)18-9/h2-6,15H,7H2,1H3,(H,16,17). The van der Waals surface area contributed by atoms with Crippen LogP contribution in [0.25, 0.3) is 0 Å². The average Bonchev–Trinajstić information content (AvgIpc) is 2.73. The number of carboxylic acids is 1. The Labute approximate surface area is 118 Å². The van der Waals surface area contributed by atoms with Crippen molar-refractivity contribution in [3.05, 3.63) is 50.1 Å². The van der Waals surface area contributed by atoms with Gasteiger partial charge in [-0.05, 0) is 47.1 Å². The van der Waals surface area contributed by atoms with Gasteiger partial charge in [-0.1, -0.05) is 11.6 Å². The zero-order valence-corrected chi connectivity index (χ0v) is 12.1. The summed E-state index contributed by atoms with van der Waals surface area (Å²) in [6.07, 6.45) is 0. The molecule has 94 valence electrons. The number of hydrogen-bond acceptors (Lipinski definition) is 3. The summed E-state index contributed by atoms with van der Waals surface area (Å²) in [6.45, 7) is 2.51. The normalized spacial score (nSPS) is 10.3. The van der Waals surface area contributed by atoms with E-state index in [1.165, 1.54) is 0 Å². The maximum atomic E-state index is 11.1. The van der Waals surface area contributed by atoms with E-state index in [0.717, 1.165) is 14.2 Å². The van der Waals surface area contributed by atoms with Crippen LogP contribution in [-0.2, 0) is 6.54 Å². The van der Waals surface area contributed by atoms with Crippen molar-refractivity contribution in [2.75, 3.05) is 5.32 Å². The van der Waals surface area contributed by atoms with Crippen molar-refractivity contribution in [3.63, 3.8) is 0 Å². The van der Waals surface area contributed by atoms with Crippen LogP contribution in [0.5, 0.6) is 0 Å². The van der Waals surface area contributed by atoms with Gasteiger partial charge in [0.15, 0.2) is 0 Å². The molecular formula is C13H12BrNO2S. The first-order valence-corrected chi connectivity index (χ1v) is 6.99. The highest BCUT2D eigenvalue weighted by Gasteiger charge is 2.10. The van der Waals surface area contributed by atoms with Crippen molar-refractivity contribution in [3.8, 4) is 0 Å². The third-order valence-electron chi connectivity index (χ3n) is 2.49. The molecule has 0 aliphatic rings. The summed E-state index contributed by atoms with van der Waals surface area (Å²) in [6, 6.07) is 9.38. The second kappa shape index (κ2) is 5.54. The SMILES string of the molecule is Cc1ccc(NCc2ccc(Br)s2)c(C(=O)O)c1. The number of halogens is 1. The minimum Gasteiger partial charge on any atom is -0.478 e. The number of rotatable bonds is 4. The van der Waals surface area contributed by atoms with Crippen molar-refractivity contribution >= 4 is 38.9 Å². The number of aryl methyl sites for hydroxylation is 1. The van der Waals surface area contributed by atoms with Gasteiger partial charge in [-0.2, -0.15) is 0 Å². The van der Waals surface area contributed by atoms with Crippen LogP contribution < -0.4 is 5.32 Å². The number of nitrogens with one attached hydrogen (secondary N) is 1. The van der Waals surface area contributed by atoms with E-state index in [1.807, 2.05) is 25.1 Å². The summed E-state index contributed by atoms with van der Waals surface area (Å²) >= 11 is 5.03. The lowest BCUT2D eigenvalue weighted by Crippen LogP contribution is -2.06. The Morgan fingerprint density at radius 3 is 2.78 bits per heavy atom. The zero-order chi connectivity index (χ0) is 13.1. The Kier molecular flexibility index (Phi) is 4.04. The van der Waals surface area contributed by atoms with E-state index in [0.29, 0.717) is 17.8 Å². The summed E-state index contributed by atoms with van der Waals surface area (Å²) < 4.78 is 1.07. The highest BCUT2D eigenvalue weighted by Crippen LogP contribution is 2.24. The third kappa shape index (κ3) is 3.11. The van der Waals surface area contributed by atoms with E-state index in [-0.39, 0.29) is 0 Å². The summed E-state index contributed by atoms with van der Waals surface area (Å²) in [4.78, 5) is 12.3. The number of hydrogen-bond donors (Lipinski definition) is 2. The van der Waals surface area contributed by atoms with E-state index in [4.69, 9.17) is 5.11 Å². The lowest BCUT2D eigenvalue weighted by Gasteiger charge is -2.09. The van der Waals surface area contributed by atoms with Crippen LogP contribution in [0.15, 0.2) is 34.1 Å². The molecule has 0 aliphatic carbocycles. The van der Waals surface area contributed by atoms with Crippen molar-refractivity contribution < 1.29 is 9.90 Å². The molecule has 0 spiro atoms. The molecule has 1 aromatic carbocycles. The molecule has 0 fully saturated rings. The number of carboxylic acid groups (broad SMARTS) is 1. The maximum Gasteiger partial charge on any atom is 0.337 e. The van der Waals surface area contributed by atoms with E-state index in [1.54, 1.807) is 23.5 Å². The first-order chi connectivity index (χ1) is 8.56. The number of anilines is 1. The quantitative estimate of drug-likeness (QED) is 0.888. The fourth-order valence-corrected chi connectivity index (χ4v) is 3.04. The third-order valence-corrected chi connectivity index (χ3v) is 4.11. The molecule has 0 bridgehead atoms. The van der Waals surface area contributed by atoms with Crippen LogP contribution in [-0.4, -0.2) is 11.1 Å². The topological polar surface area (TPSA) is 49.3 Å². The van der Waals surface area contributed by atoms with Crippen LogP contribution >= 0.6 is 27.3 Å². The second-order valence-corrected chi connectivity index (χ2v) is 6.46. The van der Waals surface area contributed by atoms with Gasteiger partial charge in [0.25, 0.3) is 0 Å². The Bertz CT molecular complexity index is 580. The van der Waals surface area contributed by atoms with Crippen molar-refractivity contribution in [1.29, 1.82) is 0 Å². The van der Waals surface area contributed by atoms with Crippen LogP contribution in [0.1, 0.15) is 20.8 Å². The number of benzene rings is 1. The van der Waals surface area contributed by atoms with E-state index < -0.39 is 5.97 Å². The molecule has 0 saturated carbocycles. The van der Waals surface area contributed by atoms with Crippen LogP contribution in [0, 0.1) is 6.92 Å². The van der Waals surface area contributed by atoms with Gasteiger partial charge in [-0.3, -0.25) is 0 Å². The zero-order valence-electron chi connectivity index (χ0n) is 9.74. The smallest absolute Gasteiger partial charge is 0.337 e. The molecule has 18 heavy (non-hydrogen) atoms. The first kappa shape index (κ1) is 13.1. The Morgan fingerprint density at radius 1 is 1.39 bits per heavy atom. The molecule has 1 heterocycles. The fraction of sp³-hybridized carbons (Fsp3) is 0.154. The van der Waals surface area contributed by atoms with Gasteiger partial charge in [0.1, 0.15) is 0 Å². The predicted octanol–water partition coefficient (Wildman–Crippen LogP) is 4.13. The number of aromatic carboxylic acids is 1. The molecule has 2 rings (SSSR count). The minimum absolute atomic E-state index is 0.311. The second-order valence-electron chi connectivity index (χ2n) is 3.91. The molecule has 0 unspecified atom stereocenters. The van der Waals surface area contributed by atoms with E-state index in [2.05, 4.69) is 21.2 Å². The van der Waals surface area contributed by atoms with Crippen LogP contribution in [0.4, 0.5) is 5.69 Å². The van der Waals surface area contributed by atoms with Crippen molar-refractivity contribution in [2.24, 2.45) is 0 Å². The predicted molar refractivity (Wildman–Crippen MR) is 77.5 cm³/mol. The molecule has 3 nitrogen and oxygen atoms in total. The monoisotopic (exact) mass is 325 g/mol. The molecule has 0 amide bonds. The van der Waals surface area contributed by atoms with Gasteiger partial charge >= 0.3 is 5.97 Å². The summed E-state index contributed by atoms with van der Waals surface area (Å²) in [7, 11) is 0. The van der Waals surface area contributed by atoms with Crippen molar-refractivity contribution in [1.82, 2.24) is 0 Å². The average molecular weight is 326 g/mol. The van der Waals surface area contributed by atoms with Gasteiger partial charge in [-0.15, -0.1) is 11.3 Å². The van der Waals surface area contributed by atoms with Gasteiger partial charge in [0, 0.05) is 17.1 Å². The van der Waals surface area contributed by atoms with E-state index >= 15 is 0 Å². The molecule has 0 aliphatic heterocycles. The van der Waals surface area contributed by atoms with E-state index in [9.17, 15) is 4.79 Å². The van der Waals surface area contributed by atoms with Crippen LogP contribution in [0.2, 0.25) is 0 Å². The largest absolute Gasteiger partial charge is 0.478 e. The highest BCUT2D eigenvalue weighted by atomic mass is 79.9. The molecule has 1 aromatic heterocycles. The fourth-order valence-electron chi connectivity index (χ4n) is 1.62. The lowest BCUT2D eigenvalue weighted by molar-refractivity contribution is 0.0698. The first-order valence-electron chi connectivity index (χ1n) is 5.38. The molecular weight excluding hydrogens is 314 g/mol. The number of thiophene rings is 1. The van der Waals surface area contributed by atoms with Gasteiger partial charge in [0.2, 0.25) is 0 Å². The number of carbonyl (C=O) groups is 1. The highest BCUT2D eigenvalue weighted by molar-refractivity contribution is 9.11. The molecule has 0 radical (unpaired) electrons. The minimum atomic E-state index is -0.909. The maximum absolute atomic E-state index is 11.1. The summed E-state index contributed by atoms with van der Waals surface area (Å²) in [5.41, 5.74) is 1.90. The Balaban J connectivity index is 2.16. The molecule has 2 N–H and O–H groups in total. The molecule has 0 atom stereocenters. The lowest BCUT2D eigenvalue weighted by atomic mass is 10.1.